The summed E-state index contributed by atoms with van der Waals surface area (Å²) in [5.41, 5.74) is 9.21. The second-order valence-electron chi connectivity index (χ2n) is 4.99. The number of benzene rings is 1. The Kier molecular flexibility index (Phi) is 3.25. The lowest BCUT2D eigenvalue weighted by Gasteiger charge is -2.33. The molecule has 1 aromatic heterocycles. The zero-order valence-corrected chi connectivity index (χ0v) is 11.2. The summed E-state index contributed by atoms with van der Waals surface area (Å²) in [6, 6.07) is 8.09. The number of nitrogens with two attached hydrogens (primary N) is 1. The van der Waals surface area contributed by atoms with Crippen molar-refractivity contribution in [3.8, 4) is 0 Å². The van der Waals surface area contributed by atoms with Crippen LogP contribution in [-0.2, 0) is 4.74 Å². The number of methoxy groups -OCH3 is 1. The minimum Gasteiger partial charge on any atom is -0.396 e. The van der Waals surface area contributed by atoms with Crippen molar-refractivity contribution in [1.82, 2.24) is 4.98 Å². The van der Waals surface area contributed by atoms with Gasteiger partial charge < -0.3 is 15.4 Å². The fraction of sp³-hybridized carbons (Fsp3) is 0.400. The third kappa shape index (κ3) is 2.24. The molecule has 1 aromatic carbocycles. The molecule has 0 aliphatic carbocycles. The van der Waals surface area contributed by atoms with Gasteiger partial charge in [0, 0.05) is 31.8 Å². The van der Waals surface area contributed by atoms with Crippen molar-refractivity contribution >= 4 is 22.3 Å². The number of ether oxygens (including phenoxy) is 1. The fourth-order valence-corrected chi connectivity index (χ4v) is 2.77. The van der Waals surface area contributed by atoms with E-state index >= 15 is 0 Å². The maximum atomic E-state index is 6.30. The molecule has 100 valence electrons. The van der Waals surface area contributed by atoms with Crippen LogP contribution in [0.4, 0.5) is 11.4 Å². The molecule has 1 saturated heterocycles. The van der Waals surface area contributed by atoms with Crippen LogP contribution in [0.5, 0.6) is 0 Å². The maximum absolute atomic E-state index is 6.30. The number of piperidine rings is 1. The van der Waals surface area contributed by atoms with Gasteiger partial charge in [-0.15, -0.1) is 0 Å². The van der Waals surface area contributed by atoms with E-state index in [4.69, 9.17) is 10.5 Å². The molecule has 1 fully saturated rings. The number of hydrogen-bond acceptors (Lipinski definition) is 4. The molecule has 2 heterocycles. The Hall–Kier alpha value is -1.81. The van der Waals surface area contributed by atoms with Crippen molar-refractivity contribution in [3.63, 3.8) is 0 Å². The molecule has 0 atom stereocenters. The number of aromatic nitrogens is 1. The van der Waals surface area contributed by atoms with E-state index in [-0.39, 0.29) is 0 Å². The van der Waals surface area contributed by atoms with E-state index in [0.29, 0.717) is 6.10 Å². The first-order valence-electron chi connectivity index (χ1n) is 6.70. The number of nitrogens with zero attached hydrogens (tertiary/aromatic N) is 2. The van der Waals surface area contributed by atoms with Crippen LogP contribution in [-0.4, -0.2) is 31.3 Å². The molecule has 0 unspecified atom stereocenters. The van der Waals surface area contributed by atoms with E-state index in [9.17, 15) is 0 Å². The standard InChI is InChI=1S/C15H19N3O/c1-19-11-6-9-18(10-7-11)14-5-4-13-12(15(14)16)3-2-8-17-13/h2-5,8,11H,6-7,9-10,16H2,1H3. The average molecular weight is 257 g/mol. The van der Waals surface area contributed by atoms with Gasteiger partial charge in [-0.2, -0.15) is 0 Å². The van der Waals surface area contributed by atoms with Crippen molar-refractivity contribution < 1.29 is 4.74 Å². The van der Waals surface area contributed by atoms with Crippen molar-refractivity contribution in [3.05, 3.63) is 30.5 Å². The molecule has 0 saturated carbocycles. The fourth-order valence-electron chi connectivity index (χ4n) is 2.77. The van der Waals surface area contributed by atoms with E-state index in [0.717, 1.165) is 48.2 Å². The van der Waals surface area contributed by atoms with Crippen LogP contribution in [0.3, 0.4) is 0 Å². The van der Waals surface area contributed by atoms with Crippen LogP contribution >= 0.6 is 0 Å². The van der Waals surface area contributed by atoms with E-state index in [1.54, 1.807) is 13.3 Å². The number of pyridine rings is 1. The van der Waals surface area contributed by atoms with Crippen LogP contribution in [0.2, 0.25) is 0 Å². The van der Waals surface area contributed by atoms with E-state index in [2.05, 4.69) is 16.0 Å². The van der Waals surface area contributed by atoms with Crippen LogP contribution in [0.25, 0.3) is 10.9 Å². The summed E-state index contributed by atoms with van der Waals surface area (Å²) in [6.07, 6.45) is 4.30. The quantitative estimate of drug-likeness (QED) is 0.839. The number of nitrogen functional groups attached to an aromatic ring is 1. The molecule has 1 aliphatic rings. The van der Waals surface area contributed by atoms with Crippen LogP contribution in [0, 0.1) is 0 Å². The molecule has 0 bridgehead atoms. The average Bonchev–Trinajstić information content (AvgIpc) is 2.48. The van der Waals surface area contributed by atoms with Crippen LogP contribution in [0.15, 0.2) is 30.5 Å². The first-order chi connectivity index (χ1) is 9.29. The molecule has 3 rings (SSSR count). The Morgan fingerprint density at radius 3 is 2.79 bits per heavy atom. The van der Waals surface area contributed by atoms with Gasteiger partial charge in [0.05, 0.1) is 23.0 Å². The van der Waals surface area contributed by atoms with Crippen molar-refractivity contribution in [1.29, 1.82) is 0 Å². The Morgan fingerprint density at radius 2 is 2.05 bits per heavy atom. The predicted octanol–water partition coefficient (Wildman–Crippen LogP) is 2.43. The smallest absolute Gasteiger partial charge is 0.0724 e. The highest BCUT2D eigenvalue weighted by Gasteiger charge is 2.20. The molecule has 0 radical (unpaired) electrons. The van der Waals surface area contributed by atoms with E-state index < -0.39 is 0 Å². The molecule has 4 nitrogen and oxygen atoms in total. The molecule has 4 heteroatoms. The lowest BCUT2D eigenvalue weighted by atomic mass is 10.1. The second kappa shape index (κ2) is 5.05. The molecular weight excluding hydrogens is 238 g/mol. The molecule has 1 aliphatic heterocycles. The number of rotatable bonds is 2. The summed E-state index contributed by atoms with van der Waals surface area (Å²) in [5, 5.41) is 1.04. The van der Waals surface area contributed by atoms with Gasteiger partial charge >= 0.3 is 0 Å². The SMILES string of the molecule is COC1CCN(c2ccc3ncccc3c2N)CC1. The maximum Gasteiger partial charge on any atom is 0.0724 e. The lowest BCUT2D eigenvalue weighted by Crippen LogP contribution is -2.37. The third-order valence-corrected chi connectivity index (χ3v) is 3.92. The van der Waals surface area contributed by atoms with E-state index in [1.807, 2.05) is 18.2 Å². The second-order valence-corrected chi connectivity index (χ2v) is 4.99. The van der Waals surface area contributed by atoms with Crippen LogP contribution < -0.4 is 10.6 Å². The van der Waals surface area contributed by atoms with Crippen LogP contribution in [0.1, 0.15) is 12.8 Å². The molecule has 0 spiro atoms. The number of hydrogen-bond donors (Lipinski definition) is 1. The number of anilines is 2. The van der Waals surface area contributed by atoms with Gasteiger partial charge in [-0.25, -0.2) is 0 Å². The van der Waals surface area contributed by atoms with Crippen molar-refractivity contribution in [2.75, 3.05) is 30.8 Å². The normalized spacial score (nSPS) is 17.0. The van der Waals surface area contributed by atoms with Gasteiger partial charge in [0.1, 0.15) is 0 Å². The Bertz CT molecular complexity index is 577. The van der Waals surface area contributed by atoms with E-state index in [1.165, 1.54) is 0 Å². The first-order valence-corrected chi connectivity index (χ1v) is 6.70. The first kappa shape index (κ1) is 12.2. The third-order valence-electron chi connectivity index (χ3n) is 3.92. The summed E-state index contributed by atoms with van der Waals surface area (Å²) in [5.74, 6) is 0. The molecule has 2 N–H and O–H groups in total. The summed E-state index contributed by atoms with van der Waals surface area (Å²) < 4.78 is 5.41. The van der Waals surface area contributed by atoms with Gasteiger partial charge in [-0.1, -0.05) is 0 Å². The zero-order valence-electron chi connectivity index (χ0n) is 11.2. The molecular formula is C15H19N3O. The highest BCUT2D eigenvalue weighted by Crippen LogP contribution is 2.32. The van der Waals surface area contributed by atoms with Gasteiger partial charge in [0.25, 0.3) is 0 Å². The van der Waals surface area contributed by atoms with Gasteiger partial charge in [-0.05, 0) is 37.1 Å². The monoisotopic (exact) mass is 257 g/mol. The van der Waals surface area contributed by atoms with Gasteiger partial charge in [0.15, 0.2) is 0 Å². The summed E-state index contributed by atoms with van der Waals surface area (Å²) in [4.78, 5) is 6.68. The summed E-state index contributed by atoms with van der Waals surface area (Å²) in [7, 11) is 1.79. The summed E-state index contributed by atoms with van der Waals surface area (Å²) in [6.45, 7) is 1.99. The largest absolute Gasteiger partial charge is 0.396 e. The summed E-state index contributed by atoms with van der Waals surface area (Å²) >= 11 is 0. The highest BCUT2D eigenvalue weighted by molar-refractivity contribution is 5.97. The molecule has 2 aromatic rings. The highest BCUT2D eigenvalue weighted by atomic mass is 16.5. The Morgan fingerprint density at radius 1 is 1.26 bits per heavy atom. The molecule has 19 heavy (non-hydrogen) atoms. The van der Waals surface area contributed by atoms with Crippen molar-refractivity contribution in [2.24, 2.45) is 0 Å². The topological polar surface area (TPSA) is 51.4 Å². The van der Waals surface area contributed by atoms with Gasteiger partial charge in [-0.3, -0.25) is 4.98 Å². The number of fused-ring (bicyclic) bond motifs is 1. The van der Waals surface area contributed by atoms with Gasteiger partial charge in [0.2, 0.25) is 0 Å². The lowest BCUT2D eigenvalue weighted by molar-refractivity contribution is 0.0819. The minimum atomic E-state index is 0.389. The minimum absolute atomic E-state index is 0.389. The zero-order chi connectivity index (χ0) is 13.2. The Labute approximate surface area is 113 Å². The Balaban J connectivity index is 1.91. The predicted molar refractivity (Wildman–Crippen MR) is 78.4 cm³/mol. The molecule has 0 amide bonds. The van der Waals surface area contributed by atoms with Crippen molar-refractivity contribution in [2.45, 2.75) is 18.9 Å².